The fourth-order valence-electron chi connectivity index (χ4n) is 1.87. The molecule has 112 valence electrons. The highest BCUT2D eigenvalue weighted by atomic mass is 35.5. The van der Waals surface area contributed by atoms with Gasteiger partial charge in [0, 0.05) is 29.8 Å². The third kappa shape index (κ3) is 4.94. The Labute approximate surface area is 125 Å². The van der Waals surface area contributed by atoms with Gasteiger partial charge in [-0.3, -0.25) is 0 Å². The van der Waals surface area contributed by atoms with E-state index in [1.165, 1.54) is 12.8 Å². The Balaban J connectivity index is 1.89. The Morgan fingerprint density at radius 3 is 2.90 bits per heavy atom. The third-order valence-electron chi connectivity index (χ3n) is 3.17. The molecule has 1 aromatic carbocycles. The first-order valence-electron chi connectivity index (χ1n) is 7.10. The molecule has 20 heavy (non-hydrogen) atoms. The summed E-state index contributed by atoms with van der Waals surface area (Å²) in [5, 5.41) is 13.8. The second-order valence-electron chi connectivity index (χ2n) is 5.00. The molecule has 0 spiro atoms. The van der Waals surface area contributed by atoms with Crippen molar-refractivity contribution in [1.29, 1.82) is 0 Å². The zero-order valence-electron chi connectivity index (χ0n) is 11.8. The molecule has 2 rings (SSSR count). The van der Waals surface area contributed by atoms with Crippen molar-refractivity contribution in [2.75, 3.05) is 19.8 Å². The maximum absolute atomic E-state index is 9.73. The Morgan fingerprint density at radius 1 is 1.40 bits per heavy atom. The minimum Gasteiger partial charge on any atom is -0.490 e. The summed E-state index contributed by atoms with van der Waals surface area (Å²) in [4.78, 5) is 0. The van der Waals surface area contributed by atoms with Crippen molar-refractivity contribution in [1.82, 2.24) is 5.32 Å². The second-order valence-corrected chi connectivity index (χ2v) is 5.40. The van der Waals surface area contributed by atoms with Crippen molar-refractivity contribution < 1.29 is 14.6 Å². The first-order valence-corrected chi connectivity index (χ1v) is 7.48. The lowest BCUT2D eigenvalue weighted by Gasteiger charge is -2.16. The third-order valence-corrected chi connectivity index (χ3v) is 3.52. The molecular weight excluding hydrogens is 278 g/mol. The number of halogens is 1. The Hall–Kier alpha value is -0.810. The van der Waals surface area contributed by atoms with E-state index in [0.29, 0.717) is 24.2 Å². The van der Waals surface area contributed by atoms with Crippen molar-refractivity contribution in [2.24, 2.45) is 0 Å². The van der Waals surface area contributed by atoms with Crippen LogP contribution >= 0.6 is 11.6 Å². The molecule has 1 fully saturated rings. The molecule has 0 saturated heterocycles. The fraction of sp³-hybridized carbons (Fsp3) is 0.600. The second kappa shape index (κ2) is 7.84. The normalized spacial score (nSPS) is 16.1. The molecular formula is C15H22ClNO3. The van der Waals surface area contributed by atoms with Gasteiger partial charge in [-0.25, -0.2) is 0 Å². The fourth-order valence-corrected chi connectivity index (χ4v) is 2.10. The van der Waals surface area contributed by atoms with Crippen LogP contribution in [0.1, 0.15) is 25.3 Å². The van der Waals surface area contributed by atoms with E-state index in [9.17, 15) is 5.11 Å². The molecule has 4 nitrogen and oxygen atoms in total. The molecule has 0 radical (unpaired) electrons. The molecule has 5 heteroatoms. The number of hydrogen-bond donors (Lipinski definition) is 2. The zero-order valence-corrected chi connectivity index (χ0v) is 12.5. The van der Waals surface area contributed by atoms with Crippen LogP contribution in [0, 0.1) is 0 Å². The highest BCUT2D eigenvalue weighted by Gasteiger charge is 2.21. The summed E-state index contributed by atoms with van der Waals surface area (Å²) in [5.41, 5.74) is 0.949. The predicted molar refractivity (Wildman–Crippen MR) is 79.3 cm³/mol. The summed E-state index contributed by atoms with van der Waals surface area (Å²) in [5.74, 6) is 0.723. The lowest BCUT2D eigenvalue weighted by Crippen LogP contribution is -2.24. The van der Waals surface area contributed by atoms with E-state index >= 15 is 0 Å². The van der Waals surface area contributed by atoms with E-state index in [1.54, 1.807) is 0 Å². The quantitative estimate of drug-likeness (QED) is 0.735. The van der Waals surface area contributed by atoms with Crippen molar-refractivity contribution in [2.45, 2.75) is 38.5 Å². The van der Waals surface area contributed by atoms with Crippen LogP contribution in [0.15, 0.2) is 18.2 Å². The summed E-state index contributed by atoms with van der Waals surface area (Å²) in [6.45, 7) is 3.67. The molecule has 1 aliphatic rings. The van der Waals surface area contributed by atoms with Gasteiger partial charge in [0.25, 0.3) is 0 Å². The van der Waals surface area contributed by atoms with Gasteiger partial charge < -0.3 is 19.9 Å². The zero-order chi connectivity index (χ0) is 14.4. The van der Waals surface area contributed by atoms with Gasteiger partial charge in [-0.05, 0) is 31.9 Å². The van der Waals surface area contributed by atoms with Crippen LogP contribution in [0.25, 0.3) is 0 Å². The molecule has 0 bridgehead atoms. The monoisotopic (exact) mass is 299 g/mol. The topological polar surface area (TPSA) is 50.7 Å². The summed E-state index contributed by atoms with van der Waals surface area (Å²) < 4.78 is 10.8. The van der Waals surface area contributed by atoms with Gasteiger partial charge in [0.2, 0.25) is 0 Å². The highest BCUT2D eigenvalue weighted by Crippen LogP contribution is 2.28. The SMILES string of the molecule is CCOCC(O)COc1cccc(Cl)c1CNC1CC1. The highest BCUT2D eigenvalue weighted by molar-refractivity contribution is 6.31. The molecule has 1 aliphatic carbocycles. The van der Waals surface area contributed by atoms with Crippen LogP contribution in [0.4, 0.5) is 0 Å². The average molecular weight is 300 g/mol. The summed E-state index contributed by atoms with van der Waals surface area (Å²) in [6, 6.07) is 6.20. The Bertz CT molecular complexity index is 424. The Morgan fingerprint density at radius 2 is 2.20 bits per heavy atom. The smallest absolute Gasteiger partial charge is 0.125 e. The average Bonchev–Trinajstić information content (AvgIpc) is 3.26. The van der Waals surface area contributed by atoms with E-state index in [1.807, 2.05) is 25.1 Å². The molecule has 0 heterocycles. The molecule has 0 amide bonds. The van der Waals surface area contributed by atoms with Crippen LogP contribution in [0.2, 0.25) is 5.02 Å². The standard InChI is InChI=1S/C15H22ClNO3/c1-2-19-9-12(18)10-20-15-5-3-4-14(16)13(15)8-17-11-6-7-11/h3-5,11-12,17-18H,2,6-10H2,1H3. The van der Waals surface area contributed by atoms with Gasteiger partial charge in [0.1, 0.15) is 18.5 Å². The molecule has 1 saturated carbocycles. The number of ether oxygens (including phenoxy) is 2. The summed E-state index contributed by atoms with van der Waals surface area (Å²) >= 11 is 6.22. The molecule has 0 aliphatic heterocycles. The number of hydrogen-bond acceptors (Lipinski definition) is 4. The minimum atomic E-state index is -0.627. The van der Waals surface area contributed by atoms with Gasteiger partial charge in [-0.2, -0.15) is 0 Å². The number of benzene rings is 1. The van der Waals surface area contributed by atoms with Crippen LogP contribution in [-0.2, 0) is 11.3 Å². The predicted octanol–water partition coefficient (Wildman–Crippen LogP) is 2.37. The molecule has 1 unspecified atom stereocenters. The number of nitrogens with one attached hydrogen (secondary N) is 1. The van der Waals surface area contributed by atoms with Crippen molar-refractivity contribution >= 4 is 11.6 Å². The van der Waals surface area contributed by atoms with Gasteiger partial charge in [0.05, 0.1) is 6.61 Å². The molecule has 1 aromatic rings. The van der Waals surface area contributed by atoms with Gasteiger partial charge in [-0.15, -0.1) is 0 Å². The van der Waals surface area contributed by atoms with E-state index in [0.717, 1.165) is 11.3 Å². The van der Waals surface area contributed by atoms with Crippen LogP contribution in [0.3, 0.4) is 0 Å². The first-order chi connectivity index (χ1) is 9.70. The molecule has 2 N–H and O–H groups in total. The van der Waals surface area contributed by atoms with E-state index in [2.05, 4.69) is 5.32 Å². The van der Waals surface area contributed by atoms with Crippen LogP contribution in [-0.4, -0.2) is 37.1 Å². The van der Waals surface area contributed by atoms with E-state index in [-0.39, 0.29) is 13.2 Å². The summed E-state index contributed by atoms with van der Waals surface area (Å²) in [6.07, 6.45) is 1.83. The van der Waals surface area contributed by atoms with Gasteiger partial charge in [0.15, 0.2) is 0 Å². The Kier molecular flexibility index (Phi) is 6.10. The maximum atomic E-state index is 9.73. The number of aliphatic hydroxyl groups is 1. The van der Waals surface area contributed by atoms with Crippen molar-refractivity contribution in [3.05, 3.63) is 28.8 Å². The largest absolute Gasteiger partial charge is 0.490 e. The van der Waals surface area contributed by atoms with Crippen molar-refractivity contribution in [3.63, 3.8) is 0 Å². The minimum absolute atomic E-state index is 0.205. The van der Waals surface area contributed by atoms with E-state index in [4.69, 9.17) is 21.1 Å². The van der Waals surface area contributed by atoms with E-state index < -0.39 is 6.10 Å². The van der Waals surface area contributed by atoms with Gasteiger partial charge >= 0.3 is 0 Å². The number of rotatable bonds is 9. The molecule has 1 atom stereocenters. The lowest BCUT2D eigenvalue weighted by atomic mass is 10.2. The van der Waals surface area contributed by atoms with Crippen molar-refractivity contribution in [3.8, 4) is 5.75 Å². The van der Waals surface area contributed by atoms with Gasteiger partial charge in [-0.1, -0.05) is 17.7 Å². The first kappa shape index (κ1) is 15.6. The van der Waals surface area contributed by atoms with Crippen LogP contribution in [0.5, 0.6) is 5.75 Å². The summed E-state index contributed by atoms with van der Waals surface area (Å²) in [7, 11) is 0. The number of aliphatic hydroxyl groups excluding tert-OH is 1. The maximum Gasteiger partial charge on any atom is 0.125 e. The lowest BCUT2D eigenvalue weighted by molar-refractivity contribution is 0.0162. The molecule has 0 aromatic heterocycles. The van der Waals surface area contributed by atoms with Crippen LogP contribution < -0.4 is 10.1 Å².